The Kier molecular flexibility index (Phi) is 6.10. The van der Waals surface area contributed by atoms with E-state index in [2.05, 4.69) is 32.6 Å². The number of nitrogens with zero attached hydrogens (tertiary/aromatic N) is 4. The third-order valence-electron chi connectivity index (χ3n) is 5.56. The molecule has 1 aliphatic heterocycles. The highest BCUT2D eigenvalue weighted by Crippen LogP contribution is 2.24. The first-order chi connectivity index (χ1) is 13.2. The molecule has 2 aromatic rings. The summed E-state index contributed by atoms with van der Waals surface area (Å²) in [4.78, 5) is 34.3. The van der Waals surface area contributed by atoms with E-state index in [-0.39, 0.29) is 23.6 Å². The number of rotatable bonds is 4. The highest BCUT2D eigenvalue weighted by atomic mass is 35.5. The minimum absolute atomic E-state index is 0.0362. The van der Waals surface area contributed by atoms with Crippen molar-refractivity contribution in [3.63, 3.8) is 0 Å². The predicted molar refractivity (Wildman–Crippen MR) is 113 cm³/mol. The molecular formula is C21H29ClN4O2. The Hall–Kier alpha value is -1.92. The Labute approximate surface area is 171 Å². The number of benzene rings is 1. The molecule has 2 unspecified atom stereocenters. The lowest BCUT2D eigenvalue weighted by atomic mass is 10.1. The van der Waals surface area contributed by atoms with Gasteiger partial charge in [-0.15, -0.1) is 0 Å². The maximum Gasteiger partial charge on any atom is 0.261 e. The van der Waals surface area contributed by atoms with E-state index in [0.29, 0.717) is 40.6 Å². The van der Waals surface area contributed by atoms with Gasteiger partial charge in [-0.25, -0.2) is 4.98 Å². The summed E-state index contributed by atoms with van der Waals surface area (Å²) in [5.74, 6) is 1.30. The van der Waals surface area contributed by atoms with Gasteiger partial charge in [0.1, 0.15) is 5.82 Å². The monoisotopic (exact) mass is 404 g/mol. The Morgan fingerprint density at radius 3 is 2.64 bits per heavy atom. The molecule has 3 rings (SSSR count). The van der Waals surface area contributed by atoms with Gasteiger partial charge in [-0.05, 0) is 38.0 Å². The van der Waals surface area contributed by atoms with Crippen LogP contribution in [0.3, 0.4) is 0 Å². The van der Waals surface area contributed by atoms with E-state index in [4.69, 9.17) is 16.6 Å². The van der Waals surface area contributed by atoms with Crippen molar-refractivity contribution < 1.29 is 4.79 Å². The fourth-order valence-electron chi connectivity index (χ4n) is 3.97. The summed E-state index contributed by atoms with van der Waals surface area (Å²) in [6.07, 6.45) is 0.585. The van der Waals surface area contributed by atoms with Crippen molar-refractivity contribution in [2.24, 2.45) is 13.0 Å². The van der Waals surface area contributed by atoms with Crippen LogP contribution in [0.2, 0.25) is 5.02 Å². The maximum absolute atomic E-state index is 12.8. The van der Waals surface area contributed by atoms with Gasteiger partial charge >= 0.3 is 0 Å². The van der Waals surface area contributed by atoms with Crippen LogP contribution in [0.1, 0.15) is 46.0 Å². The lowest BCUT2D eigenvalue weighted by molar-refractivity contribution is -0.136. The van der Waals surface area contributed by atoms with Crippen LogP contribution in [0, 0.1) is 5.92 Å². The van der Waals surface area contributed by atoms with Crippen LogP contribution in [0.25, 0.3) is 10.9 Å². The van der Waals surface area contributed by atoms with Crippen LogP contribution >= 0.6 is 11.6 Å². The number of halogens is 1. The number of amides is 1. The van der Waals surface area contributed by atoms with Gasteiger partial charge in [-0.2, -0.15) is 0 Å². The number of hydrogen-bond acceptors (Lipinski definition) is 4. The van der Waals surface area contributed by atoms with E-state index in [1.54, 1.807) is 29.8 Å². The Morgan fingerprint density at radius 2 is 2.00 bits per heavy atom. The lowest BCUT2D eigenvalue weighted by Crippen LogP contribution is -2.54. The van der Waals surface area contributed by atoms with Crippen LogP contribution in [0.5, 0.6) is 0 Å². The topological polar surface area (TPSA) is 58.4 Å². The molecule has 1 aliphatic rings. The van der Waals surface area contributed by atoms with Gasteiger partial charge in [0.15, 0.2) is 0 Å². The molecule has 1 aromatic heterocycles. The quantitative estimate of drug-likeness (QED) is 0.785. The zero-order chi connectivity index (χ0) is 20.6. The van der Waals surface area contributed by atoms with E-state index < -0.39 is 0 Å². The van der Waals surface area contributed by atoms with Crippen LogP contribution in [0.15, 0.2) is 23.0 Å². The number of aromatic nitrogens is 2. The third kappa shape index (κ3) is 4.08. The van der Waals surface area contributed by atoms with Gasteiger partial charge in [0.25, 0.3) is 5.56 Å². The standard InChI is InChI=1S/C21H29ClN4O2/c1-13(2)10-19(27)26-9-8-25(12-14(26)3)15(4)20-23-18-11-16(22)6-7-17(18)21(28)24(20)5/h6-7,11,13-15H,8-10,12H2,1-5H3. The molecular weight excluding hydrogens is 376 g/mol. The van der Waals surface area contributed by atoms with Crippen LogP contribution in [-0.2, 0) is 11.8 Å². The molecule has 28 heavy (non-hydrogen) atoms. The molecule has 7 heteroatoms. The number of fused-ring (bicyclic) bond motifs is 1. The molecule has 1 fully saturated rings. The van der Waals surface area contributed by atoms with Crippen molar-refractivity contribution in [3.05, 3.63) is 39.4 Å². The molecule has 152 valence electrons. The Morgan fingerprint density at radius 1 is 1.29 bits per heavy atom. The summed E-state index contributed by atoms with van der Waals surface area (Å²) in [5, 5.41) is 1.14. The molecule has 0 bridgehead atoms. The van der Waals surface area contributed by atoms with Gasteiger partial charge in [0.05, 0.1) is 16.9 Å². The molecule has 2 heterocycles. The predicted octanol–water partition coefficient (Wildman–Crippen LogP) is 3.23. The zero-order valence-corrected chi connectivity index (χ0v) is 18.0. The van der Waals surface area contributed by atoms with Crippen molar-refractivity contribution in [1.29, 1.82) is 0 Å². The molecule has 0 spiro atoms. The summed E-state index contributed by atoms with van der Waals surface area (Å²) in [7, 11) is 1.76. The highest BCUT2D eigenvalue weighted by molar-refractivity contribution is 6.31. The molecule has 0 N–H and O–H groups in total. The van der Waals surface area contributed by atoms with Crippen molar-refractivity contribution in [2.45, 2.75) is 46.2 Å². The molecule has 0 saturated carbocycles. The Bertz CT molecular complexity index is 940. The summed E-state index contributed by atoms with van der Waals surface area (Å²) >= 11 is 6.10. The van der Waals surface area contributed by atoms with E-state index in [1.807, 2.05) is 4.90 Å². The van der Waals surface area contributed by atoms with Crippen molar-refractivity contribution >= 4 is 28.4 Å². The van der Waals surface area contributed by atoms with E-state index in [1.165, 1.54) is 0 Å². The lowest BCUT2D eigenvalue weighted by Gasteiger charge is -2.42. The van der Waals surface area contributed by atoms with Gasteiger partial charge in [-0.3, -0.25) is 19.1 Å². The fourth-order valence-corrected chi connectivity index (χ4v) is 4.14. The molecule has 0 aliphatic carbocycles. The molecule has 6 nitrogen and oxygen atoms in total. The first-order valence-electron chi connectivity index (χ1n) is 9.88. The van der Waals surface area contributed by atoms with Gasteiger partial charge in [-0.1, -0.05) is 25.4 Å². The fraction of sp³-hybridized carbons (Fsp3) is 0.571. The first-order valence-corrected chi connectivity index (χ1v) is 10.3. The summed E-state index contributed by atoms with van der Waals surface area (Å²) in [6.45, 7) is 10.5. The van der Waals surface area contributed by atoms with E-state index in [9.17, 15) is 9.59 Å². The number of hydrogen-bond donors (Lipinski definition) is 0. The summed E-state index contributed by atoms with van der Waals surface area (Å²) in [5.41, 5.74) is 0.554. The SMILES string of the molecule is CC(C)CC(=O)N1CCN(C(C)c2nc3cc(Cl)ccc3c(=O)n2C)CC1C. The number of carbonyl (C=O) groups excluding carboxylic acids is 1. The first kappa shape index (κ1) is 20.8. The van der Waals surface area contributed by atoms with Gasteiger partial charge in [0.2, 0.25) is 5.91 Å². The van der Waals surface area contributed by atoms with E-state index >= 15 is 0 Å². The number of carbonyl (C=O) groups is 1. The third-order valence-corrected chi connectivity index (χ3v) is 5.79. The summed E-state index contributed by atoms with van der Waals surface area (Å²) in [6, 6.07) is 5.27. The van der Waals surface area contributed by atoms with Crippen molar-refractivity contribution in [1.82, 2.24) is 19.4 Å². The number of piperazine rings is 1. The molecule has 2 atom stereocenters. The van der Waals surface area contributed by atoms with E-state index in [0.717, 1.165) is 13.1 Å². The average molecular weight is 405 g/mol. The minimum Gasteiger partial charge on any atom is -0.337 e. The highest BCUT2D eigenvalue weighted by Gasteiger charge is 2.31. The van der Waals surface area contributed by atoms with Crippen LogP contribution < -0.4 is 5.56 Å². The van der Waals surface area contributed by atoms with Crippen molar-refractivity contribution in [2.75, 3.05) is 19.6 Å². The normalized spacial score (nSPS) is 19.4. The summed E-state index contributed by atoms with van der Waals surface area (Å²) < 4.78 is 1.63. The average Bonchev–Trinajstić information content (AvgIpc) is 2.63. The molecule has 1 amide bonds. The van der Waals surface area contributed by atoms with Crippen LogP contribution in [0.4, 0.5) is 0 Å². The second kappa shape index (κ2) is 8.21. The second-order valence-electron chi connectivity index (χ2n) is 8.20. The molecule has 1 aromatic carbocycles. The van der Waals surface area contributed by atoms with Gasteiger partial charge < -0.3 is 4.90 Å². The largest absolute Gasteiger partial charge is 0.337 e. The van der Waals surface area contributed by atoms with Crippen molar-refractivity contribution in [3.8, 4) is 0 Å². The minimum atomic E-state index is -0.0673. The maximum atomic E-state index is 12.8. The molecule has 0 radical (unpaired) electrons. The molecule has 1 saturated heterocycles. The zero-order valence-electron chi connectivity index (χ0n) is 17.3. The van der Waals surface area contributed by atoms with Crippen LogP contribution in [-0.4, -0.2) is 50.9 Å². The smallest absolute Gasteiger partial charge is 0.261 e. The second-order valence-corrected chi connectivity index (χ2v) is 8.64. The Balaban J connectivity index is 1.83. The van der Waals surface area contributed by atoms with Gasteiger partial charge in [0, 0.05) is 44.2 Å².